The van der Waals surface area contributed by atoms with Crippen LogP contribution in [0.2, 0.25) is 0 Å². The average Bonchev–Trinajstić information content (AvgIpc) is 3.62. The van der Waals surface area contributed by atoms with Gasteiger partial charge >= 0.3 is 24.3 Å². The van der Waals surface area contributed by atoms with Gasteiger partial charge in [-0.3, -0.25) is 14.8 Å². The number of alkyl halides is 6. The molecule has 0 bridgehead atoms. The summed E-state index contributed by atoms with van der Waals surface area (Å²) in [5, 5.41) is 16.2. The molecule has 2 aliphatic heterocycles. The minimum absolute atomic E-state index is 0.0837. The lowest BCUT2D eigenvalue weighted by Gasteiger charge is -2.25. The van der Waals surface area contributed by atoms with Crippen LogP contribution in [0.15, 0.2) is 54.3 Å². The lowest BCUT2D eigenvalue weighted by Crippen LogP contribution is -2.38. The number of rotatable bonds is 3. The number of hydrogen-bond donors (Lipinski definition) is 2. The van der Waals surface area contributed by atoms with E-state index in [4.69, 9.17) is 24.8 Å². The Morgan fingerprint density at radius 1 is 0.976 bits per heavy atom. The van der Waals surface area contributed by atoms with Crippen LogP contribution in [0.4, 0.5) is 32.0 Å². The highest BCUT2D eigenvalue weighted by atomic mass is 32.1. The number of aryl methyl sites for hydroxylation is 1. The van der Waals surface area contributed by atoms with E-state index in [0.717, 1.165) is 48.7 Å². The number of hydrogen-bond acceptors (Lipinski definition) is 7. The van der Waals surface area contributed by atoms with Crippen molar-refractivity contribution in [1.82, 2.24) is 14.9 Å². The van der Waals surface area contributed by atoms with Crippen molar-refractivity contribution in [3.63, 3.8) is 0 Å². The highest BCUT2D eigenvalue weighted by Gasteiger charge is 2.49. The summed E-state index contributed by atoms with van der Waals surface area (Å²) in [5.74, 6) is -5.35. The van der Waals surface area contributed by atoms with Crippen LogP contribution in [0, 0.1) is 6.92 Å². The first kappa shape index (κ1) is 32.3. The number of fused-ring (bicyclic) bond motifs is 2. The van der Waals surface area contributed by atoms with Gasteiger partial charge in [-0.25, -0.2) is 9.59 Å². The van der Waals surface area contributed by atoms with E-state index >= 15 is 0 Å². The summed E-state index contributed by atoms with van der Waals surface area (Å²) in [5.41, 5.74) is 4.50. The number of nitrogens with zero attached hydrogens (tertiary/aromatic N) is 4. The first-order valence-electron chi connectivity index (χ1n) is 12.1. The van der Waals surface area contributed by atoms with Crippen LogP contribution in [0.3, 0.4) is 0 Å². The third-order valence-electron chi connectivity index (χ3n) is 6.40. The lowest BCUT2D eigenvalue weighted by molar-refractivity contribution is -0.193. The van der Waals surface area contributed by atoms with Crippen LogP contribution in [0.5, 0.6) is 0 Å². The summed E-state index contributed by atoms with van der Waals surface area (Å²) in [7, 11) is 0. The number of carboxylic acids is 2. The van der Waals surface area contributed by atoms with E-state index in [2.05, 4.69) is 22.0 Å². The monoisotopic (exact) mass is 618 g/mol. The first-order chi connectivity index (χ1) is 19.5. The molecule has 1 fully saturated rings. The van der Waals surface area contributed by atoms with Crippen molar-refractivity contribution in [3.8, 4) is 0 Å². The van der Waals surface area contributed by atoms with Gasteiger partial charge in [-0.2, -0.15) is 26.3 Å². The Kier molecular flexibility index (Phi) is 9.81. The molecule has 0 radical (unpaired) electrons. The van der Waals surface area contributed by atoms with Gasteiger partial charge in [0, 0.05) is 44.8 Å². The third-order valence-corrected chi connectivity index (χ3v) is 7.41. The first-order valence-corrected chi connectivity index (χ1v) is 13.0. The maximum absolute atomic E-state index is 13.0. The molecule has 226 valence electrons. The predicted molar refractivity (Wildman–Crippen MR) is 138 cm³/mol. The number of aliphatic carboxylic acids is 2. The topological polar surface area (TPSA) is 124 Å². The summed E-state index contributed by atoms with van der Waals surface area (Å²) in [6, 6.07) is 10.3. The number of aromatic nitrogens is 2. The minimum Gasteiger partial charge on any atom is -0.475 e. The van der Waals surface area contributed by atoms with E-state index in [1.807, 2.05) is 47.8 Å². The Labute approximate surface area is 239 Å². The quantitative estimate of drug-likeness (QED) is 0.397. The molecule has 5 heterocycles. The number of halogens is 6. The Balaban J connectivity index is 0.000000289. The molecule has 16 heteroatoms. The number of amides is 1. The molecule has 3 aromatic heterocycles. The zero-order valence-corrected chi connectivity index (χ0v) is 22.6. The van der Waals surface area contributed by atoms with E-state index in [9.17, 15) is 31.1 Å². The molecule has 1 saturated heterocycles. The van der Waals surface area contributed by atoms with E-state index in [1.54, 1.807) is 6.20 Å². The average molecular weight is 619 g/mol. The smallest absolute Gasteiger partial charge is 0.475 e. The van der Waals surface area contributed by atoms with Crippen LogP contribution in [-0.4, -0.2) is 74.9 Å². The number of thiophene rings is 1. The van der Waals surface area contributed by atoms with Gasteiger partial charge in [-0.15, -0.1) is 11.3 Å². The number of anilines is 1. The molecule has 5 rings (SSSR count). The van der Waals surface area contributed by atoms with Crippen molar-refractivity contribution < 1.29 is 50.9 Å². The second-order valence-corrected chi connectivity index (χ2v) is 10.3. The Morgan fingerprint density at radius 3 is 2.12 bits per heavy atom. The zero-order chi connectivity index (χ0) is 31.3. The van der Waals surface area contributed by atoms with Gasteiger partial charge < -0.3 is 20.0 Å². The van der Waals surface area contributed by atoms with Crippen LogP contribution in [-0.2, 0) is 21.5 Å². The fourth-order valence-electron chi connectivity index (χ4n) is 4.54. The Hall–Kier alpha value is -4.21. The van der Waals surface area contributed by atoms with Gasteiger partial charge in [0.25, 0.3) is 5.91 Å². The van der Waals surface area contributed by atoms with Gasteiger partial charge in [0.1, 0.15) is 0 Å². The summed E-state index contributed by atoms with van der Waals surface area (Å²) in [4.78, 5) is 45.1. The van der Waals surface area contributed by atoms with Crippen LogP contribution >= 0.6 is 11.3 Å². The van der Waals surface area contributed by atoms with E-state index in [1.165, 1.54) is 22.6 Å². The molecule has 9 nitrogen and oxygen atoms in total. The molecule has 0 aliphatic carbocycles. The van der Waals surface area contributed by atoms with Crippen LogP contribution < -0.4 is 4.90 Å². The maximum atomic E-state index is 13.0. The number of likely N-dealkylation sites (tertiary alicyclic amines) is 1. The molecular weight excluding hydrogens is 594 g/mol. The maximum Gasteiger partial charge on any atom is 0.490 e. The van der Waals surface area contributed by atoms with Crippen LogP contribution in [0.1, 0.15) is 32.9 Å². The molecule has 1 atom stereocenters. The van der Waals surface area contributed by atoms with Gasteiger partial charge in [-0.1, -0.05) is 6.07 Å². The number of pyridine rings is 2. The van der Waals surface area contributed by atoms with Crippen molar-refractivity contribution in [2.45, 2.75) is 37.7 Å². The molecule has 1 spiro atoms. The normalized spacial score (nSPS) is 17.6. The molecular formula is C26H24F6N4O5S. The SMILES string of the molecule is Cc1ccsc1C(=O)N1CCC2(C1)CN(Cc1cccnc1)c1cccnc12.O=C(O)C(F)(F)F.O=C(O)C(F)(F)F. The molecule has 1 amide bonds. The van der Waals surface area contributed by atoms with Gasteiger partial charge in [0.05, 0.1) is 21.7 Å². The third kappa shape index (κ3) is 7.74. The molecule has 1 unspecified atom stereocenters. The molecule has 42 heavy (non-hydrogen) atoms. The van der Waals surface area contributed by atoms with Crippen molar-refractivity contribution >= 4 is 34.9 Å². The Bertz CT molecular complexity index is 1390. The molecule has 3 aromatic rings. The predicted octanol–water partition coefficient (Wildman–Crippen LogP) is 4.92. The standard InChI is InChI=1S/C22H22N4OS.2C2HF3O2/c1-16-6-11-28-19(16)21(27)25-10-7-22(14-25)15-26(13-17-4-2-8-23-12-17)18-5-3-9-24-20(18)22;2*3-2(4,5)1(6)7/h2-6,8-9,11-12H,7,10,13-15H2,1H3;2*(H,6,7). The summed E-state index contributed by atoms with van der Waals surface area (Å²) in [6.45, 7) is 5.23. The fraction of sp³-hybridized carbons (Fsp3) is 0.346. The highest BCUT2D eigenvalue weighted by molar-refractivity contribution is 7.12. The molecule has 0 aromatic carbocycles. The number of carbonyl (C=O) groups excluding carboxylic acids is 1. The zero-order valence-electron chi connectivity index (χ0n) is 21.8. The van der Waals surface area contributed by atoms with E-state index < -0.39 is 24.3 Å². The van der Waals surface area contributed by atoms with Gasteiger partial charge in [0.2, 0.25) is 0 Å². The number of carboxylic acid groups (broad SMARTS) is 2. The van der Waals surface area contributed by atoms with Gasteiger partial charge in [0.15, 0.2) is 0 Å². The number of carbonyl (C=O) groups is 3. The Morgan fingerprint density at radius 2 is 1.60 bits per heavy atom. The highest BCUT2D eigenvalue weighted by Crippen LogP contribution is 2.46. The molecule has 2 N–H and O–H groups in total. The van der Waals surface area contributed by atoms with Crippen LogP contribution in [0.25, 0.3) is 0 Å². The van der Waals surface area contributed by atoms with Gasteiger partial charge in [-0.05, 0) is 54.1 Å². The molecule has 0 saturated carbocycles. The van der Waals surface area contributed by atoms with E-state index in [-0.39, 0.29) is 11.3 Å². The van der Waals surface area contributed by atoms with E-state index in [0.29, 0.717) is 0 Å². The van der Waals surface area contributed by atoms with Crippen molar-refractivity contribution in [1.29, 1.82) is 0 Å². The largest absolute Gasteiger partial charge is 0.490 e. The summed E-state index contributed by atoms with van der Waals surface area (Å²) < 4.78 is 63.5. The van der Waals surface area contributed by atoms with Crippen molar-refractivity contribution in [2.75, 3.05) is 24.5 Å². The second-order valence-electron chi connectivity index (χ2n) is 9.38. The molecule has 2 aliphatic rings. The summed E-state index contributed by atoms with van der Waals surface area (Å²) in [6.07, 6.45) is -3.61. The lowest BCUT2D eigenvalue weighted by atomic mass is 9.85. The van der Waals surface area contributed by atoms with Crippen molar-refractivity contribution in [3.05, 3.63) is 76.0 Å². The summed E-state index contributed by atoms with van der Waals surface area (Å²) >= 11 is 1.54. The van der Waals surface area contributed by atoms with Crippen molar-refractivity contribution in [2.24, 2.45) is 0 Å². The minimum atomic E-state index is -5.08. The second kappa shape index (κ2) is 12.8. The fourth-order valence-corrected chi connectivity index (χ4v) is 5.43.